The number of halogens is 1. The first-order chi connectivity index (χ1) is 10.9. The maximum atomic E-state index is 14.1. The number of hydrogen-bond acceptors (Lipinski definition) is 1. The van der Waals surface area contributed by atoms with Gasteiger partial charge in [0, 0.05) is 0 Å². The second-order valence-electron chi connectivity index (χ2n) is 9.16. The van der Waals surface area contributed by atoms with Crippen LogP contribution in [0.4, 0.5) is 4.39 Å². The second kappa shape index (κ2) is 5.18. The molecule has 0 spiro atoms. The van der Waals surface area contributed by atoms with E-state index in [1.165, 1.54) is 18.4 Å². The van der Waals surface area contributed by atoms with Crippen molar-refractivity contribution >= 4 is 0 Å². The third-order valence-corrected chi connectivity index (χ3v) is 8.28. The van der Waals surface area contributed by atoms with Crippen molar-refractivity contribution in [1.82, 2.24) is 0 Å². The van der Waals surface area contributed by atoms with Gasteiger partial charge in [-0.25, -0.2) is 4.39 Å². The van der Waals surface area contributed by atoms with Crippen molar-refractivity contribution in [3.8, 4) is 0 Å². The summed E-state index contributed by atoms with van der Waals surface area (Å²) in [5, 5.41) is 10.1. The largest absolute Gasteiger partial charge is 0.393 e. The van der Waals surface area contributed by atoms with Crippen molar-refractivity contribution < 1.29 is 9.50 Å². The molecule has 4 aliphatic rings. The lowest BCUT2D eigenvalue weighted by Crippen LogP contribution is -2.49. The molecule has 4 rings (SSSR count). The van der Waals surface area contributed by atoms with Crippen LogP contribution in [0.25, 0.3) is 0 Å². The molecule has 0 heterocycles. The van der Waals surface area contributed by atoms with Gasteiger partial charge < -0.3 is 5.11 Å². The summed E-state index contributed by atoms with van der Waals surface area (Å²) >= 11 is 0. The van der Waals surface area contributed by atoms with E-state index < -0.39 is 0 Å². The van der Waals surface area contributed by atoms with E-state index >= 15 is 0 Å². The Balaban J connectivity index is 1.69. The lowest BCUT2D eigenvalue weighted by atomic mass is 9.48. The summed E-state index contributed by atoms with van der Waals surface area (Å²) in [6, 6.07) is 0. The summed E-state index contributed by atoms with van der Waals surface area (Å²) in [6.45, 7) is 6.46. The van der Waals surface area contributed by atoms with Crippen LogP contribution >= 0.6 is 0 Å². The van der Waals surface area contributed by atoms with Crippen LogP contribution in [-0.2, 0) is 0 Å². The second-order valence-corrected chi connectivity index (χ2v) is 9.16. The Hall–Kier alpha value is -0.630. The average Bonchev–Trinajstić information content (AvgIpc) is 2.85. The van der Waals surface area contributed by atoms with Crippen molar-refractivity contribution in [2.45, 2.75) is 78.2 Å². The van der Waals surface area contributed by atoms with E-state index in [9.17, 15) is 9.50 Å². The Morgan fingerprint density at radius 2 is 1.83 bits per heavy atom. The summed E-state index contributed by atoms with van der Waals surface area (Å²) in [7, 11) is 0. The molecule has 0 aromatic rings. The van der Waals surface area contributed by atoms with Gasteiger partial charge in [-0.3, -0.25) is 0 Å². The third kappa shape index (κ3) is 2.13. The molecule has 0 bridgehead atoms. The zero-order chi connectivity index (χ0) is 16.4. The fourth-order valence-corrected chi connectivity index (χ4v) is 7.02. The molecule has 3 unspecified atom stereocenters. The van der Waals surface area contributed by atoms with Gasteiger partial charge in [0.25, 0.3) is 0 Å². The minimum Gasteiger partial charge on any atom is -0.393 e. The average molecular weight is 318 g/mol. The summed E-state index contributed by atoms with van der Waals surface area (Å²) in [5.74, 6) is 2.21. The maximum Gasteiger partial charge on any atom is 0.0966 e. The highest BCUT2D eigenvalue weighted by molar-refractivity contribution is 5.30. The Bertz CT molecular complexity index is 572. The fraction of sp³-hybridized carbons (Fsp3) is 0.810. The van der Waals surface area contributed by atoms with Gasteiger partial charge in [0.05, 0.1) is 11.9 Å². The van der Waals surface area contributed by atoms with Crippen molar-refractivity contribution in [2.24, 2.45) is 28.6 Å². The molecule has 0 aliphatic heterocycles. The normalized spacial score (nSPS) is 51.4. The van der Waals surface area contributed by atoms with E-state index in [0.717, 1.165) is 55.9 Å². The van der Waals surface area contributed by atoms with Gasteiger partial charge >= 0.3 is 0 Å². The Morgan fingerprint density at radius 1 is 1.13 bits per heavy atom. The molecule has 0 aromatic carbocycles. The number of fused-ring (bicyclic) bond motifs is 5. The summed E-state index contributed by atoms with van der Waals surface area (Å²) in [4.78, 5) is 0. The fourth-order valence-electron chi connectivity index (χ4n) is 7.02. The molecule has 1 nitrogen and oxygen atoms in total. The number of aliphatic hydroxyl groups is 1. The van der Waals surface area contributed by atoms with E-state index in [-0.39, 0.29) is 17.3 Å². The van der Waals surface area contributed by atoms with Gasteiger partial charge in [-0.1, -0.05) is 25.5 Å². The molecular weight excluding hydrogens is 287 g/mol. The van der Waals surface area contributed by atoms with Crippen LogP contribution in [0.1, 0.15) is 72.1 Å². The van der Waals surface area contributed by atoms with Crippen LogP contribution in [0.5, 0.6) is 0 Å². The summed E-state index contributed by atoms with van der Waals surface area (Å²) in [6.07, 6.45) is 11.0. The summed E-state index contributed by atoms with van der Waals surface area (Å²) in [5.41, 5.74) is 3.05. The van der Waals surface area contributed by atoms with Crippen molar-refractivity contribution in [3.05, 3.63) is 23.0 Å². The first-order valence-electron chi connectivity index (χ1n) is 9.59. The van der Waals surface area contributed by atoms with E-state index in [0.29, 0.717) is 11.3 Å². The lowest BCUT2D eigenvalue weighted by Gasteiger charge is -2.57. The number of rotatable bonds is 0. The molecule has 0 saturated heterocycles. The van der Waals surface area contributed by atoms with E-state index in [1.54, 1.807) is 6.92 Å². The van der Waals surface area contributed by atoms with E-state index in [1.807, 2.05) is 0 Å². The monoisotopic (exact) mass is 318 g/mol. The number of allylic oxidation sites excluding steroid dienone is 3. The highest BCUT2D eigenvalue weighted by atomic mass is 19.1. The molecule has 6 atom stereocenters. The highest BCUT2D eigenvalue weighted by Gasteiger charge is 2.57. The molecule has 4 aliphatic carbocycles. The first-order valence-corrected chi connectivity index (χ1v) is 9.59. The van der Waals surface area contributed by atoms with Gasteiger partial charge in [0.2, 0.25) is 0 Å². The molecule has 3 fully saturated rings. The van der Waals surface area contributed by atoms with Gasteiger partial charge in [-0.05, 0) is 92.4 Å². The Kier molecular flexibility index (Phi) is 3.58. The molecule has 0 aromatic heterocycles. The summed E-state index contributed by atoms with van der Waals surface area (Å²) < 4.78 is 14.1. The zero-order valence-electron chi connectivity index (χ0n) is 14.9. The molecule has 23 heavy (non-hydrogen) atoms. The van der Waals surface area contributed by atoms with Crippen LogP contribution < -0.4 is 0 Å². The molecule has 0 radical (unpaired) electrons. The van der Waals surface area contributed by atoms with Crippen molar-refractivity contribution in [1.29, 1.82) is 0 Å². The lowest BCUT2D eigenvalue weighted by molar-refractivity contribution is -0.0272. The van der Waals surface area contributed by atoms with E-state index in [4.69, 9.17) is 0 Å². The first kappa shape index (κ1) is 15.9. The molecular formula is C21H31FO. The predicted octanol–water partition coefficient (Wildman–Crippen LogP) is 5.55. The Morgan fingerprint density at radius 3 is 2.57 bits per heavy atom. The molecule has 2 heteroatoms. The number of hydrogen-bond donors (Lipinski definition) is 1. The third-order valence-electron chi connectivity index (χ3n) is 8.28. The standard InChI is InChI=1S/C21H31FO/c1-13(22)17-6-7-18-16-5-4-14-12-15(23)8-10-20(14,2)19(16)9-11-21(17,18)3/h4,15-16,18-19,23H,5-12H2,1-3H3/t15-,16?,18?,19?,20-,21+/m0/s1. The molecule has 128 valence electrons. The molecule has 1 N–H and O–H groups in total. The molecule has 3 saturated carbocycles. The predicted molar refractivity (Wildman–Crippen MR) is 91.5 cm³/mol. The van der Waals surface area contributed by atoms with E-state index in [2.05, 4.69) is 19.9 Å². The van der Waals surface area contributed by atoms with Crippen LogP contribution in [0.15, 0.2) is 23.0 Å². The Labute approximate surface area is 140 Å². The minimum absolute atomic E-state index is 0.0903. The smallest absolute Gasteiger partial charge is 0.0966 e. The highest BCUT2D eigenvalue weighted by Crippen LogP contribution is 2.66. The van der Waals surface area contributed by atoms with Crippen LogP contribution in [0.2, 0.25) is 0 Å². The van der Waals surface area contributed by atoms with Gasteiger partial charge in [-0.15, -0.1) is 0 Å². The zero-order valence-corrected chi connectivity index (χ0v) is 14.9. The van der Waals surface area contributed by atoms with Crippen molar-refractivity contribution in [2.75, 3.05) is 0 Å². The number of aliphatic hydroxyl groups excluding tert-OH is 1. The van der Waals surface area contributed by atoms with Gasteiger partial charge in [0.1, 0.15) is 0 Å². The quantitative estimate of drug-likeness (QED) is 0.580. The van der Waals surface area contributed by atoms with Crippen LogP contribution in [0.3, 0.4) is 0 Å². The minimum atomic E-state index is -0.130. The van der Waals surface area contributed by atoms with Crippen LogP contribution in [0, 0.1) is 28.6 Å². The van der Waals surface area contributed by atoms with Gasteiger partial charge in [0.15, 0.2) is 0 Å². The van der Waals surface area contributed by atoms with Crippen molar-refractivity contribution in [3.63, 3.8) is 0 Å². The topological polar surface area (TPSA) is 20.2 Å². The maximum absolute atomic E-state index is 14.1. The molecule has 0 amide bonds. The SMILES string of the molecule is CC(F)=C1CCC2C3CC=C4C[C@@H](O)CC[C@]4(C)C3CC[C@]12C. The van der Waals surface area contributed by atoms with Gasteiger partial charge in [-0.2, -0.15) is 0 Å². The van der Waals surface area contributed by atoms with Crippen LogP contribution in [-0.4, -0.2) is 11.2 Å².